The number of rotatable bonds is 9. The molecule has 37 heavy (non-hydrogen) atoms. The second-order valence-corrected chi connectivity index (χ2v) is 11.1. The van der Waals surface area contributed by atoms with Gasteiger partial charge in [0.05, 0.1) is 18.4 Å². The van der Waals surface area contributed by atoms with Gasteiger partial charge in [-0.3, -0.25) is 4.79 Å². The highest BCUT2D eigenvalue weighted by molar-refractivity contribution is 7.80. The fourth-order valence-corrected chi connectivity index (χ4v) is 5.96. The van der Waals surface area contributed by atoms with Crippen molar-refractivity contribution in [2.45, 2.75) is 57.5 Å². The summed E-state index contributed by atoms with van der Waals surface area (Å²) in [4.78, 5) is 14.1. The van der Waals surface area contributed by atoms with E-state index in [1.165, 1.54) is 24.0 Å². The van der Waals surface area contributed by atoms with Gasteiger partial charge < -0.3 is 14.4 Å². The molecule has 0 aromatic heterocycles. The minimum absolute atomic E-state index is 0.131. The van der Waals surface area contributed by atoms with E-state index in [1.54, 1.807) is 0 Å². The second-order valence-electron chi connectivity index (χ2n) is 10.3. The predicted octanol–water partition coefficient (Wildman–Crippen LogP) is 7.22. The van der Waals surface area contributed by atoms with Gasteiger partial charge >= 0.3 is 0 Å². The third-order valence-electron chi connectivity index (χ3n) is 7.86. The first-order valence-corrected chi connectivity index (χ1v) is 14.7. The monoisotopic (exact) mass is 541 g/mol. The van der Waals surface area contributed by atoms with Crippen molar-refractivity contribution >= 4 is 36.2 Å². The van der Waals surface area contributed by atoms with Crippen molar-refractivity contribution in [2.75, 3.05) is 37.5 Å². The summed E-state index contributed by atoms with van der Waals surface area (Å²) >= 11 is 10.7. The molecule has 4 nitrogen and oxygen atoms in total. The molecule has 2 aliphatic rings. The van der Waals surface area contributed by atoms with Gasteiger partial charge in [-0.2, -0.15) is 12.6 Å². The molecule has 1 heterocycles. The molecule has 0 radical (unpaired) electrons. The van der Waals surface area contributed by atoms with Gasteiger partial charge in [0.15, 0.2) is 0 Å². The van der Waals surface area contributed by atoms with Gasteiger partial charge in [0.25, 0.3) is 0 Å². The SMILES string of the molecule is CO[C@@H](/C=C/CCCS)[C@@H]1CC[C@H]1CN1CCc2ccc(Cl)cc2CCCCOc2ccc(C=O)cc21. The fourth-order valence-electron chi connectivity index (χ4n) is 5.59. The average Bonchev–Trinajstić information content (AvgIpc) is 2.89. The van der Waals surface area contributed by atoms with Gasteiger partial charge in [-0.1, -0.05) is 29.8 Å². The molecule has 3 atom stereocenters. The molecule has 0 spiro atoms. The van der Waals surface area contributed by atoms with E-state index in [1.807, 2.05) is 31.4 Å². The van der Waals surface area contributed by atoms with Crippen LogP contribution in [0.15, 0.2) is 48.6 Å². The summed E-state index contributed by atoms with van der Waals surface area (Å²) in [6, 6.07) is 12.1. The number of aldehydes is 1. The summed E-state index contributed by atoms with van der Waals surface area (Å²) in [6.45, 7) is 2.43. The van der Waals surface area contributed by atoms with Crippen LogP contribution in [0.2, 0.25) is 5.02 Å². The molecule has 0 unspecified atom stereocenters. The van der Waals surface area contributed by atoms with E-state index >= 15 is 0 Å². The number of fused-ring (bicyclic) bond motifs is 2. The van der Waals surface area contributed by atoms with Gasteiger partial charge in [-0.15, -0.1) is 0 Å². The maximum Gasteiger partial charge on any atom is 0.150 e. The maximum atomic E-state index is 11.7. The lowest BCUT2D eigenvalue weighted by Gasteiger charge is -2.43. The van der Waals surface area contributed by atoms with Gasteiger partial charge in [-0.25, -0.2) is 0 Å². The van der Waals surface area contributed by atoms with Crippen LogP contribution in [-0.4, -0.2) is 44.9 Å². The number of allylic oxidation sites excluding steroid dienone is 1. The highest BCUT2D eigenvalue weighted by Gasteiger charge is 2.37. The first-order chi connectivity index (χ1) is 18.1. The van der Waals surface area contributed by atoms with Crippen LogP contribution < -0.4 is 9.64 Å². The van der Waals surface area contributed by atoms with Gasteiger partial charge in [-0.05, 0) is 110 Å². The van der Waals surface area contributed by atoms with Crippen molar-refractivity contribution < 1.29 is 14.3 Å². The molecule has 1 saturated carbocycles. The zero-order valence-electron chi connectivity index (χ0n) is 21.9. The number of nitrogens with zero attached hydrogens (tertiary/aromatic N) is 1. The average molecular weight is 542 g/mol. The minimum Gasteiger partial charge on any atom is -0.491 e. The van der Waals surface area contributed by atoms with E-state index in [4.69, 9.17) is 21.1 Å². The fraction of sp³-hybridized carbons (Fsp3) is 0.516. The largest absolute Gasteiger partial charge is 0.491 e. The Morgan fingerprint density at radius 1 is 1.16 bits per heavy atom. The summed E-state index contributed by atoms with van der Waals surface area (Å²) in [5.41, 5.74) is 4.39. The van der Waals surface area contributed by atoms with E-state index in [0.29, 0.717) is 24.0 Å². The van der Waals surface area contributed by atoms with Crippen molar-refractivity contribution in [3.8, 4) is 5.75 Å². The molecule has 1 aliphatic carbocycles. The topological polar surface area (TPSA) is 38.8 Å². The summed E-state index contributed by atoms with van der Waals surface area (Å²) < 4.78 is 12.2. The number of ether oxygens (including phenoxy) is 2. The van der Waals surface area contributed by atoms with E-state index in [-0.39, 0.29) is 6.10 Å². The molecule has 0 bridgehead atoms. The summed E-state index contributed by atoms with van der Waals surface area (Å²) in [5, 5.41) is 0.797. The van der Waals surface area contributed by atoms with Crippen LogP contribution in [0.4, 0.5) is 5.69 Å². The molecular formula is C31H40ClNO3S. The number of methoxy groups -OCH3 is 1. The van der Waals surface area contributed by atoms with Crippen molar-refractivity contribution in [3.05, 3.63) is 70.3 Å². The van der Waals surface area contributed by atoms with Crippen LogP contribution >= 0.6 is 24.2 Å². The number of anilines is 1. The number of unbranched alkanes of at least 4 members (excludes halogenated alkanes) is 1. The number of carbonyl (C=O) groups is 1. The Morgan fingerprint density at radius 2 is 2.05 bits per heavy atom. The third-order valence-corrected chi connectivity index (χ3v) is 8.41. The zero-order valence-corrected chi connectivity index (χ0v) is 23.6. The molecule has 2 aromatic rings. The van der Waals surface area contributed by atoms with E-state index < -0.39 is 0 Å². The van der Waals surface area contributed by atoms with Crippen molar-refractivity contribution in [2.24, 2.45) is 11.8 Å². The predicted molar refractivity (Wildman–Crippen MR) is 157 cm³/mol. The molecule has 0 amide bonds. The molecule has 1 aliphatic heterocycles. The van der Waals surface area contributed by atoms with E-state index in [0.717, 1.165) is 80.1 Å². The molecule has 1 fully saturated rings. The maximum absolute atomic E-state index is 11.7. The Kier molecular flexibility index (Phi) is 10.8. The van der Waals surface area contributed by atoms with Crippen LogP contribution in [0, 0.1) is 11.8 Å². The summed E-state index contributed by atoms with van der Waals surface area (Å²) in [5.74, 6) is 2.78. The second kappa shape index (κ2) is 14.3. The number of aryl methyl sites for hydroxylation is 1. The number of hydrogen-bond acceptors (Lipinski definition) is 5. The van der Waals surface area contributed by atoms with Crippen LogP contribution in [0.3, 0.4) is 0 Å². The quantitative estimate of drug-likeness (QED) is 0.157. The normalized spacial score (nSPS) is 21.1. The minimum atomic E-state index is 0.131. The third kappa shape index (κ3) is 7.55. The lowest BCUT2D eigenvalue weighted by molar-refractivity contribution is 0.0135. The van der Waals surface area contributed by atoms with Crippen LogP contribution in [0.1, 0.15) is 60.0 Å². The molecule has 0 N–H and O–H groups in total. The summed E-state index contributed by atoms with van der Waals surface area (Å²) in [7, 11) is 1.82. The van der Waals surface area contributed by atoms with E-state index in [9.17, 15) is 4.79 Å². The Hall–Kier alpha value is -1.95. The standard InChI is InChI=1S/C31H40ClNO3S/c1-35-30(8-3-2-6-18-37)28-13-11-26(28)21-33-16-15-24-10-12-27(32)20-25(24)7-4-5-17-36-31-14-9-23(22-34)19-29(31)33/h3,8-10,12,14,19-20,22,26,28,30,37H,2,4-7,11,13,15-18,21H2,1H3/b8-3+/t26-,28+,30-/m0/s1. The van der Waals surface area contributed by atoms with Crippen molar-refractivity contribution in [1.82, 2.24) is 0 Å². The highest BCUT2D eigenvalue weighted by atomic mass is 35.5. The molecule has 4 rings (SSSR count). The molecule has 6 heteroatoms. The van der Waals surface area contributed by atoms with E-state index in [2.05, 4.69) is 41.8 Å². The number of carbonyl (C=O) groups excluding carboxylic acids is 1. The lowest BCUT2D eigenvalue weighted by atomic mass is 9.70. The Labute approximate surface area is 232 Å². The number of benzene rings is 2. The van der Waals surface area contributed by atoms with Crippen LogP contribution in [-0.2, 0) is 17.6 Å². The Balaban J connectivity index is 1.59. The highest BCUT2D eigenvalue weighted by Crippen LogP contribution is 2.41. The lowest BCUT2D eigenvalue weighted by Crippen LogP contribution is -2.44. The van der Waals surface area contributed by atoms with Gasteiger partial charge in [0.1, 0.15) is 12.0 Å². The number of halogens is 1. The van der Waals surface area contributed by atoms with Crippen LogP contribution in [0.25, 0.3) is 0 Å². The van der Waals surface area contributed by atoms with Gasteiger partial charge in [0.2, 0.25) is 0 Å². The molecule has 200 valence electrons. The zero-order chi connectivity index (χ0) is 26.0. The van der Waals surface area contributed by atoms with Crippen molar-refractivity contribution in [3.63, 3.8) is 0 Å². The van der Waals surface area contributed by atoms with Crippen molar-refractivity contribution in [1.29, 1.82) is 0 Å². The first kappa shape index (κ1) is 28.1. The number of thiol groups is 1. The smallest absolute Gasteiger partial charge is 0.150 e. The summed E-state index contributed by atoms with van der Waals surface area (Å²) in [6.07, 6.45) is 14.0. The Morgan fingerprint density at radius 3 is 2.81 bits per heavy atom. The van der Waals surface area contributed by atoms with Gasteiger partial charge in [0, 0.05) is 30.8 Å². The van der Waals surface area contributed by atoms with Crippen LogP contribution in [0.5, 0.6) is 5.75 Å². The Bertz CT molecular complexity index is 1060. The molecule has 0 saturated heterocycles. The molecular weight excluding hydrogens is 502 g/mol. The first-order valence-electron chi connectivity index (χ1n) is 13.7. The molecule has 2 aromatic carbocycles. The number of hydrogen-bond donors (Lipinski definition) is 1.